The van der Waals surface area contributed by atoms with Crippen molar-refractivity contribution in [2.24, 2.45) is 0 Å². The molecule has 6 heteroatoms. The number of hydrogen-bond donors (Lipinski definition) is 1. The Balaban J connectivity index is 1.87. The van der Waals surface area contributed by atoms with E-state index in [0.29, 0.717) is 0 Å². The van der Waals surface area contributed by atoms with Crippen LogP contribution >= 0.6 is 0 Å². The lowest BCUT2D eigenvalue weighted by Crippen LogP contribution is -2.43. The van der Waals surface area contributed by atoms with E-state index in [1.54, 1.807) is 0 Å². The monoisotopic (exact) mass is 260 g/mol. The standard InChI is InChI=1S/C12H20O6/c1-11(2)15-7-6(13)5-14-10-9(8(7)16-11)17-12(3,4)18-10/h6-10,13H,5H2,1-4H3/t6-,7+,8+,9-,10-/m1/s1. The van der Waals surface area contributed by atoms with Crippen molar-refractivity contribution >= 4 is 0 Å². The highest BCUT2D eigenvalue weighted by Crippen LogP contribution is 2.41. The minimum atomic E-state index is -0.738. The van der Waals surface area contributed by atoms with Gasteiger partial charge < -0.3 is 28.8 Å². The van der Waals surface area contributed by atoms with E-state index in [9.17, 15) is 5.11 Å². The molecule has 0 unspecified atom stereocenters. The predicted octanol–water partition coefficient (Wildman–Crippen LogP) is 0.375. The Morgan fingerprint density at radius 2 is 1.39 bits per heavy atom. The van der Waals surface area contributed by atoms with Crippen LogP contribution in [-0.2, 0) is 23.7 Å². The normalized spacial score (nSPS) is 49.5. The summed E-state index contributed by atoms with van der Waals surface area (Å²) in [7, 11) is 0. The molecule has 6 nitrogen and oxygen atoms in total. The van der Waals surface area contributed by atoms with Crippen LogP contribution in [0, 0.1) is 0 Å². The Bertz CT molecular complexity index is 341. The summed E-state index contributed by atoms with van der Waals surface area (Å²) in [6.45, 7) is 7.46. The van der Waals surface area contributed by atoms with E-state index < -0.39 is 30.1 Å². The van der Waals surface area contributed by atoms with E-state index in [-0.39, 0.29) is 18.8 Å². The first kappa shape index (κ1) is 12.8. The summed E-state index contributed by atoms with van der Waals surface area (Å²) in [5.74, 6) is -1.44. The van der Waals surface area contributed by atoms with Crippen LogP contribution in [0.5, 0.6) is 0 Å². The van der Waals surface area contributed by atoms with Crippen molar-refractivity contribution in [3.63, 3.8) is 0 Å². The molecule has 104 valence electrons. The van der Waals surface area contributed by atoms with Gasteiger partial charge in [0.1, 0.15) is 24.4 Å². The minimum absolute atomic E-state index is 0.154. The lowest BCUT2D eigenvalue weighted by molar-refractivity contribution is -0.204. The fourth-order valence-electron chi connectivity index (χ4n) is 2.77. The highest BCUT2D eigenvalue weighted by atomic mass is 16.8. The van der Waals surface area contributed by atoms with Crippen molar-refractivity contribution in [1.82, 2.24) is 0 Å². The molecule has 0 amide bonds. The topological polar surface area (TPSA) is 66.4 Å². The summed E-state index contributed by atoms with van der Waals surface area (Å²) < 4.78 is 28.6. The lowest BCUT2D eigenvalue weighted by Gasteiger charge is -2.23. The van der Waals surface area contributed by atoms with Crippen LogP contribution in [0.25, 0.3) is 0 Å². The molecule has 0 aromatic carbocycles. The molecule has 3 heterocycles. The van der Waals surface area contributed by atoms with E-state index >= 15 is 0 Å². The zero-order chi connectivity index (χ0) is 13.1. The lowest BCUT2D eigenvalue weighted by atomic mass is 10.0. The van der Waals surface area contributed by atoms with Gasteiger partial charge in [0.2, 0.25) is 0 Å². The average molecular weight is 260 g/mol. The van der Waals surface area contributed by atoms with E-state index in [1.165, 1.54) is 0 Å². The van der Waals surface area contributed by atoms with Crippen molar-refractivity contribution in [2.45, 2.75) is 70.0 Å². The number of fused-ring (bicyclic) bond motifs is 3. The molecule has 3 rings (SSSR count). The number of hydrogen-bond acceptors (Lipinski definition) is 6. The maximum Gasteiger partial charge on any atom is 0.189 e. The highest BCUT2D eigenvalue weighted by Gasteiger charge is 2.57. The van der Waals surface area contributed by atoms with Gasteiger partial charge >= 0.3 is 0 Å². The third kappa shape index (κ3) is 2.07. The van der Waals surface area contributed by atoms with E-state index in [2.05, 4.69) is 0 Å². The van der Waals surface area contributed by atoms with Gasteiger partial charge in [0.05, 0.1) is 6.61 Å². The summed E-state index contributed by atoms with van der Waals surface area (Å²) >= 11 is 0. The molecular weight excluding hydrogens is 240 g/mol. The summed E-state index contributed by atoms with van der Waals surface area (Å²) in [6.07, 6.45) is -2.49. The second kappa shape index (κ2) is 3.88. The molecule has 0 bridgehead atoms. The second-order valence-electron chi connectivity index (χ2n) is 5.93. The van der Waals surface area contributed by atoms with Crippen LogP contribution in [0.1, 0.15) is 27.7 Å². The van der Waals surface area contributed by atoms with Crippen molar-refractivity contribution in [3.8, 4) is 0 Å². The molecule has 0 aliphatic carbocycles. The number of aliphatic hydroxyl groups excluding tert-OH is 1. The molecule has 5 atom stereocenters. The molecule has 0 aromatic heterocycles. The van der Waals surface area contributed by atoms with Crippen LogP contribution in [-0.4, -0.2) is 54.0 Å². The fraction of sp³-hybridized carbons (Fsp3) is 1.00. The third-order valence-corrected chi connectivity index (χ3v) is 3.39. The van der Waals surface area contributed by atoms with Gasteiger partial charge in [-0.1, -0.05) is 0 Å². The van der Waals surface area contributed by atoms with Crippen LogP contribution in [0.15, 0.2) is 0 Å². The molecule has 1 N–H and O–H groups in total. The highest BCUT2D eigenvalue weighted by molar-refractivity contribution is 4.97. The SMILES string of the molecule is CC1(C)O[C@H]2[C@@H](O1)[C@H](O)CO[C@@H]1OC(C)(C)O[C@@H]12. The first-order valence-corrected chi connectivity index (χ1v) is 6.28. The summed E-state index contributed by atoms with van der Waals surface area (Å²) in [4.78, 5) is 0. The Labute approximate surface area is 106 Å². The predicted molar refractivity (Wildman–Crippen MR) is 59.6 cm³/mol. The van der Waals surface area contributed by atoms with E-state index in [4.69, 9.17) is 23.7 Å². The Morgan fingerprint density at radius 1 is 0.833 bits per heavy atom. The van der Waals surface area contributed by atoms with Crippen LogP contribution in [0.3, 0.4) is 0 Å². The van der Waals surface area contributed by atoms with Crippen molar-refractivity contribution in [2.75, 3.05) is 6.61 Å². The molecular formula is C12H20O6. The van der Waals surface area contributed by atoms with Gasteiger partial charge in [0.15, 0.2) is 17.9 Å². The maximum atomic E-state index is 10.0. The van der Waals surface area contributed by atoms with Gasteiger partial charge in [-0.15, -0.1) is 0 Å². The quantitative estimate of drug-likeness (QED) is 0.679. The molecule has 3 fully saturated rings. The van der Waals surface area contributed by atoms with Gasteiger partial charge in [-0.25, -0.2) is 0 Å². The van der Waals surface area contributed by atoms with Gasteiger partial charge in [0, 0.05) is 0 Å². The molecule has 0 aromatic rings. The van der Waals surface area contributed by atoms with E-state index in [1.807, 2.05) is 27.7 Å². The molecule has 3 aliphatic rings. The third-order valence-electron chi connectivity index (χ3n) is 3.39. The molecule has 18 heavy (non-hydrogen) atoms. The smallest absolute Gasteiger partial charge is 0.189 e. The average Bonchev–Trinajstić information content (AvgIpc) is 2.68. The second-order valence-corrected chi connectivity index (χ2v) is 5.93. The van der Waals surface area contributed by atoms with Crippen molar-refractivity contribution in [3.05, 3.63) is 0 Å². The Morgan fingerprint density at radius 3 is 2.11 bits per heavy atom. The first-order valence-electron chi connectivity index (χ1n) is 6.28. The number of rotatable bonds is 0. The summed E-state index contributed by atoms with van der Waals surface area (Å²) in [5, 5.41) is 10.0. The van der Waals surface area contributed by atoms with Crippen molar-refractivity contribution < 1.29 is 28.8 Å². The maximum absolute atomic E-state index is 10.0. The first-order chi connectivity index (χ1) is 8.27. The zero-order valence-corrected chi connectivity index (χ0v) is 11.1. The van der Waals surface area contributed by atoms with Crippen LogP contribution in [0.2, 0.25) is 0 Å². The van der Waals surface area contributed by atoms with Gasteiger partial charge in [-0.2, -0.15) is 0 Å². The summed E-state index contributed by atoms with van der Waals surface area (Å²) in [5.41, 5.74) is 0. The molecule has 3 saturated heterocycles. The van der Waals surface area contributed by atoms with Gasteiger partial charge in [-0.05, 0) is 27.7 Å². The number of ether oxygens (including phenoxy) is 5. The van der Waals surface area contributed by atoms with Gasteiger partial charge in [-0.3, -0.25) is 0 Å². The van der Waals surface area contributed by atoms with Crippen molar-refractivity contribution in [1.29, 1.82) is 0 Å². The molecule has 0 radical (unpaired) electrons. The van der Waals surface area contributed by atoms with Crippen LogP contribution in [0.4, 0.5) is 0 Å². The molecule has 3 aliphatic heterocycles. The molecule has 0 spiro atoms. The zero-order valence-electron chi connectivity index (χ0n) is 11.1. The van der Waals surface area contributed by atoms with Crippen LogP contribution < -0.4 is 0 Å². The molecule has 0 saturated carbocycles. The number of aliphatic hydroxyl groups is 1. The van der Waals surface area contributed by atoms with E-state index in [0.717, 1.165) is 0 Å². The Kier molecular flexibility index (Phi) is 2.75. The fourth-order valence-corrected chi connectivity index (χ4v) is 2.77. The largest absolute Gasteiger partial charge is 0.388 e. The summed E-state index contributed by atoms with van der Waals surface area (Å²) in [6, 6.07) is 0. The minimum Gasteiger partial charge on any atom is -0.388 e. The Hall–Kier alpha value is -0.240. The van der Waals surface area contributed by atoms with Gasteiger partial charge in [0.25, 0.3) is 0 Å².